The van der Waals surface area contributed by atoms with Gasteiger partial charge in [0.05, 0.1) is 12.6 Å². The van der Waals surface area contributed by atoms with Crippen LogP contribution in [0, 0.1) is 36.1 Å². The molecule has 0 aromatic heterocycles. The molecular weight excluding hydrogens is 279 g/mol. The minimum Gasteiger partial charge on any atom is -0.289 e. The second-order valence-electron chi connectivity index (χ2n) is 6.35. The summed E-state index contributed by atoms with van der Waals surface area (Å²) in [6, 6.07) is 4.57. The summed E-state index contributed by atoms with van der Waals surface area (Å²) in [5.41, 5.74) is 1.22. The van der Waals surface area contributed by atoms with Crippen molar-refractivity contribution in [2.45, 2.75) is 27.7 Å². The number of ketones is 1. The summed E-state index contributed by atoms with van der Waals surface area (Å²) in [5.74, 6) is -0.806. The Balaban J connectivity index is 2.90. The number of nitriles is 1. The van der Waals surface area contributed by atoms with E-state index in [0.29, 0.717) is 22.3 Å². The molecule has 0 unspecified atom stereocenters. The van der Waals surface area contributed by atoms with E-state index in [0.717, 1.165) is 0 Å². The molecule has 0 atom stereocenters. The van der Waals surface area contributed by atoms with Crippen LogP contribution in [-0.4, -0.2) is 5.78 Å². The van der Waals surface area contributed by atoms with Crippen molar-refractivity contribution in [1.82, 2.24) is 0 Å². The number of hydrogen-bond donors (Lipinski definition) is 0. The van der Waals surface area contributed by atoms with Gasteiger partial charge < -0.3 is 0 Å². The van der Waals surface area contributed by atoms with Gasteiger partial charge in [-0.25, -0.2) is 14.5 Å². The predicted octanol–water partition coefficient (Wildman–Crippen LogP) is 4.46. The average Bonchev–Trinajstić information content (AvgIpc) is 2.65. The van der Waals surface area contributed by atoms with Crippen LogP contribution in [0.15, 0.2) is 29.5 Å². The van der Waals surface area contributed by atoms with E-state index in [4.69, 9.17) is 6.57 Å². The molecule has 0 amide bonds. The van der Waals surface area contributed by atoms with Gasteiger partial charge in [-0.05, 0) is 35.6 Å². The van der Waals surface area contributed by atoms with Gasteiger partial charge in [0.1, 0.15) is 5.82 Å². The van der Waals surface area contributed by atoms with E-state index in [-0.39, 0.29) is 22.5 Å². The first kappa shape index (κ1) is 15.7. The van der Waals surface area contributed by atoms with Gasteiger partial charge in [0.2, 0.25) is 0 Å². The molecule has 0 spiro atoms. The quantitative estimate of drug-likeness (QED) is 0.403. The molecule has 0 fully saturated rings. The van der Waals surface area contributed by atoms with E-state index < -0.39 is 5.82 Å². The number of aryl methyl sites for hydroxylation is 1. The maximum absolute atomic E-state index is 13.8. The molecule has 0 saturated carbocycles. The molecule has 1 aromatic rings. The first-order chi connectivity index (χ1) is 10.2. The van der Waals surface area contributed by atoms with Crippen molar-refractivity contribution in [2.24, 2.45) is 5.41 Å². The molecule has 1 aliphatic rings. The highest BCUT2D eigenvalue weighted by Crippen LogP contribution is 2.41. The monoisotopic (exact) mass is 294 g/mol. The van der Waals surface area contributed by atoms with E-state index in [1.807, 2.05) is 26.8 Å². The Hall–Kier alpha value is -2.72. The van der Waals surface area contributed by atoms with Gasteiger partial charge in [0.25, 0.3) is 5.70 Å². The highest BCUT2D eigenvalue weighted by atomic mass is 19.1. The van der Waals surface area contributed by atoms with Crippen LogP contribution in [0.2, 0.25) is 0 Å². The minimum absolute atomic E-state index is 0.145. The SMILES string of the molecule is [C-]#[N+]/C(C#N)=C1\C(=C\C(C)(C)C)C(=O)c2cc(F)c(C)cc21. The van der Waals surface area contributed by atoms with Crippen molar-refractivity contribution in [3.05, 3.63) is 63.4 Å². The van der Waals surface area contributed by atoms with Gasteiger partial charge in [0.15, 0.2) is 5.78 Å². The summed E-state index contributed by atoms with van der Waals surface area (Å²) in [5, 5.41) is 9.20. The Kier molecular flexibility index (Phi) is 3.73. The number of Topliss-reactive ketones (excluding diaryl/α,β-unsaturated/α-hetero) is 1. The first-order valence-electron chi connectivity index (χ1n) is 6.80. The van der Waals surface area contributed by atoms with Crippen LogP contribution in [0.4, 0.5) is 4.39 Å². The zero-order valence-corrected chi connectivity index (χ0v) is 12.9. The molecule has 2 rings (SSSR count). The second kappa shape index (κ2) is 5.24. The Morgan fingerprint density at radius 3 is 2.50 bits per heavy atom. The summed E-state index contributed by atoms with van der Waals surface area (Å²) >= 11 is 0. The fourth-order valence-electron chi connectivity index (χ4n) is 2.44. The lowest BCUT2D eigenvalue weighted by Gasteiger charge is -2.14. The van der Waals surface area contributed by atoms with Gasteiger partial charge in [-0.15, -0.1) is 0 Å². The normalized spacial score (nSPS) is 18.0. The van der Waals surface area contributed by atoms with Crippen molar-refractivity contribution in [3.8, 4) is 6.07 Å². The average molecular weight is 294 g/mol. The topological polar surface area (TPSA) is 45.2 Å². The molecule has 0 heterocycles. The van der Waals surface area contributed by atoms with Crippen molar-refractivity contribution >= 4 is 11.4 Å². The third kappa shape index (κ3) is 2.56. The Labute approximate surface area is 129 Å². The highest BCUT2D eigenvalue weighted by Gasteiger charge is 2.34. The lowest BCUT2D eigenvalue weighted by atomic mass is 9.90. The number of benzene rings is 1. The molecule has 22 heavy (non-hydrogen) atoms. The Morgan fingerprint density at radius 2 is 2.00 bits per heavy atom. The van der Waals surface area contributed by atoms with E-state index in [1.54, 1.807) is 13.0 Å². The Morgan fingerprint density at radius 1 is 1.36 bits per heavy atom. The van der Waals surface area contributed by atoms with Gasteiger partial charge in [-0.1, -0.05) is 26.8 Å². The van der Waals surface area contributed by atoms with Gasteiger partial charge in [0, 0.05) is 16.7 Å². The zero-order valence-electron chi connectivity index (χ0n) is 12.9. The fourth-order valence-corrected chi connectivity index (χ4v) is 2.44. The molecule has 0 aliphatic heterocycles. The minimum atomic E-state index is -0.468. The van der Waals surface area contributed by atoms with Crippen molar-refractivity contribution < 1.29 is 9.18 Å². The van der Waals surface area contributed by atoms with E-state index >= 15 is 0 Å². The summed E-state index contributed by atoms with van der Waals surface area (Å²) < 4.78 is 13.8. The van der Waals surface area contributed by atoms with Gasteiger partial charge in [-0.2, -0.15) is 0 Å². The first-order valence-corrected chi connectivity index (χ1v) is 6.80. The summed E-state index contributed by atoms with van der Waals surface area (Å²) in [7, 11) is 0. The van der Waals surface area contributed by atoms with E-state index in [1.165, 1.54) is 12.1 Å². The molecule has 1 aromatic carbocycles. The van der Waals surface area contributed by atoms with Crippen molar-refractivity contribution in [2.75, 3.05) is 0 Å². The lowest BCUT2D eigenvalue weighted by molar-refractivity contribution is 0.104. The number of hydrogen-bond acceptors (Lipinski definition) is 2. The molecule has 3 nitrogen and oxygen atoms in total. The number of allylic oxidation sites excluding steroid dienone is 4. The Bertz CT molecular complexity index is 808. The third-order valence-corrected chi connectivity index (χ3v) is 3.36. The number of halogens is 1. The molecule has 0 radical (unpaired) electrons. The molecule has 1 aliphatic carbocycles. The number of nitrogens with zero attached hydrogens (tertiary/aromatic N) is 2. The lowest BCUT2D eigenvalue weighted by Crippen LogP contribution is -2.05. The van der Waals surface area contributed by atoms with Crippen LogP contribution in [-0.2, 0) is 0 Å². The number of carbonyl (C=O) groups is 1. The smallest absolute Gasteiger partial charge is 0.270 e. The van der Waals surface area contributed by atoms with Crippen LogP contribution >= 0.6 is 0 Å². The molecule has 0 N–H and O–H groups in total. The number of carbonyl (C=O) groups excluding carboxylic acids is 1. The standard InChI is InChI=1S/C18H15FN2O/c1-10-6-11-12(7-14(10)19)17(22)13(8-18(2,3)4)16(11)15(9-20)21-5/h6-8H,1-4H3/b13-8-,16-15-. The molecule has 110 valence electrons. The van der Waals surface area contributed by atoms with Crippen LogP contribution in [0.25, 0.3) is 10.4 Å². The van der Waals surface area contributed by atoms with Crippen LogP contribution < -0.4 is 0 Å². The van der Waals surface area contributed by atoms with Gasteiger partial charge >= 0.3 is 0 Å². The summed E-state index contributed by atoms with van der Waals surface area (Å²) in [4.78, 5) is 15.8. The molecule has 0 saturated heterocycles. The number of rotatable bonds is 0. The maximum Gasteiger partial charge on any atom is 0.270 e. The zero-order chi connectivity index (χ0) is 16.7. The summed E-state index contributed by atoms with van der Waals surface area (Å²) in [6.45, 7) is 14.5. The van der Waals surface area contributed by atoms with Crippen molar-refractivity contribution in [1.29, 1.82) is 5.26 Å². The molecular formula is C18H15FN2O. The maximum atomic E-state index is 13.8. The highest BCUT2D eigenvalue weighted by molar-refractivity contribution is 6.27. The van der Waals surface area contributed by atoms with Gasteiger partial charge in [-0.3, -0.25) is 4.79 Å². The molecule has 0 bridgehead atoms. The number of fused-ring (bicyclic) bond motifs is 1. The second-order valence-corrected chi connectivity index (χ2v) is 6.35. The predicted molar refractivity (Wildman–Crippen MR) is 82.1 cm³/mol. The van der Waals surface area contributed by atoms with Crippen LogP contribution in [0.3, 0.4) is 0 Å². The van der Waals surface area contributed by atoms with E-state index in [2.05, 4.69) is 4.85 Å². The summed E-state index contributed by atoms with van der Waals surface area (Å²) in [6.07, 6.45) is 1.74. The molecule has 4 heteroatoms. The largest absolute Gasteiger partial charge is 0.289 e. The van der Waals surface area contributed by atoms with Crippen LogP contribution in [0.1, 0.15) is 42.3 Å². The fraction of sp³-hybridized carbons (Fsp3) is 0.278. The van der Waals surface area contributed by atoms with Crippen molar-refractivity contribution in [3.63, 3.8) is 0 Å². The third-order valence-electron chi connectivity index (χ3n) is 3.36. The van der Waals surface area contributed by atoms with Crippen LogP contribution in [0.5, 0.6) is 0 Å². The van der Waals surface area contributed by atoms with E-state index in [9.17, 15) is 14.4 Å².